The van der Waals surface area contributed by atoms with Crippen molar-refractivity contribution in [1.29, 1.82) is 0 Å². The number of rotatable bonds is 2. The average molecular weight is 213 g/mol. The molecule has 0 saturated carbocycles. The Morgan fingerprint density at radius 3 is 2.27 bits per heavy atom. The minimum atomic E-state index is -0.937. The molecule has 2 aliphatic rings. The second-order valence-electron chi connectivity index (χ2n) is 4.21. The van der Waals surface area contributed by atoms with E-state index in [1.807, 2.05) is 0 Å². The third kappa shape index (κ3) is 2.18. The van der Waals surface area contributed by atoms with Crippen LogP contribution in [0.2, 0.25) is 0 Å². The van der Waals surface area contributed by atoms with Gasteiger partial charge in [0.2, 0.25) is 11.8 Å². The van der Waals surface area contributed by atoms with Crippen molar-refractivity contribution in [3.63, 3.8) is 0 Å². The minimum absolute atomic E-state index is 0.133. The first-order valence-corrected chi connectivity index (χ1v) is 5.24. The lowest BCUT2D eigenvalue weighted by Crippen LogP contribution is -2.48. The normalized spacial score (nSPS) is 26.1. The third-order valence-electron chi connectivity index (χ3n) is 3.03. The molecule has 0 atom stereocenters. The van der Waals surface area contributed by atoms with Crippen LogP contribution in [0.5, 0.6) is 0 Å². The van der Waals surface area contributed by atoms with E-state index < -0.39 is 5.60 Å². The lowest BCUT2D eigenvalue weighted by Gasteiger charge is -2.34. The Labute approximate surface area is 88.0 Å². The molecule has 0 aromatic rings. The number of imide groups is 1. The Bertz CT molecular complexity index is 267. The molecule has 5 heteroatoms. The number of carbonyl (C=O) groups excluding carboxylic acids is 2. The van der Waals surface area contributed by atoms with Crippen LogP contribution in [0.15, 0.2) is 0 Å². The van der Waals surface area contributed by atoms with Crippen molar-refractivity contribution in [2.45, 2.75) is 31.3 Å². The number of likely N-dealkylation sites (tertiary alicyclic amines) is 1. The topological polar surface area (TPSA) is 66.8 Å². The summed E-state index contributed by atoms with van der Waals surface area (Å²) in [6.07, 6.45) is 1.55. The SMILES string of the molecule is O=C1CCC(=O)N1CC1(O)CCOCC1. The summed E-state index contributed by atoms with van der Waals surface area (Å²) in [6, 6.07) is 0. The molecule has 2 heterocycles. The highest BCUT2D eigenvalue weighted by Crippen LogP contribution is 2.24. The number of hydrogen-bond donors (Lipinski definition) is 1. The van der Waals surface area contributed by atoms with E-state index in [1.165, 1.54) is 4.90 Å². The van der Waals surface area contributed by atoms with Gasteiger partial charge >= 0.3 is 0 Å². The second-order valence-corrected chi connectivity index (χ2v) is 4.21. The van der Waals surface area contributed by atoms with Gasteiger partial charge in [-0.25, -0.2) is 0 Å². The number of hydrogen-bond acceptors (Lipinski definition) is 4. The molecule has 0 spiro atoms. The Hall–Kier alpha value is -0.940. The van der Waals surface area contributed by atoms with Gasteiger partial charge in [-0.3, -0.25) is 14.5 Å². The molecule has 5 nitrogen and oxygen atoms in total. The maximum atomic E-state index is 11.4. The number of β-amino-alcohol motifs (C(OH)–C–C–N with tert-alkyl or cyclic N) is 1. The molecule has 2 aliphatic heterocycles. The van der Waals surface area contributed by atoms with Crippen LogP contribution in [0.25, 0.3) is 0 Å². The summed E-state index contributed by atoms with van der Waals surface area (Å²) in [5, 5.41) is 10.1. The van der Waals surface area contributed by atoms with E-state index in [0.29, 0.717) is 26.1 Å². The maximum Gasteiger partial charge on any atom is 0.229 e. The molecule has 2 rings (SSSR count). The van der Waals surface area contributed by atoms with Crippen LogP contribution in [0.1, 0.15) is 25.7 Å². The Kier molecular flexibility index (Phi) is 2.75. The minimum Gasteiger partial charge on any atom is -0.388 e. The summed E-state index contributed by atoms with van der Waals surface area (Å²) in [7, 11) is 0. The largest absolute Gasteiger partial charge is 0.388 e. The smallest absolute Gasteiger partial charge is 0.229 e. The first kappa shape index (κ1) is 10.6. The number of ether oxygens (including phenoxy) is 1. The molecule has 0 aromatic heterocycles. The van der Waals surface area contributed by atoms with Crippen molar-refractivity contribution in [3.8, 4) is 0 Å². The molecule has 0 unspecified atom stereocenters. The van der Waals surface area contributed by atoms with Gasteiger partial charge in [0.25, 0.3) is 0 Å². The summed E-state index contributed by atoms with van der Waals surface area (Å²) < 4.78 is 5.13. The highest BCUT2D eigenvalue weighted by atomic mass is 16.5. The average Bonchev–Trinajstić information content (AvgIpc) is 2.50. The van der Waals surface area contributed by atoms with Crippen LogP contribution in [0.4, 0.5) is 0 Å². The zero-order valence-electron chi connectivity index (χ0n) is 8.57. The molecular formula is C10H15NO4. The van der Waals surface area contributed by atoms with Gasteiger partial charge in [-0.2, -0.15) is 0 Å². The molecule has 84 valence electrons. The van der Waals surface area contributed by atoms with Gasteiger partial charge in [0, 0.05) is 38.9 Å². The predicted octanol–water partition coefficient (Wildman–Crippen LogP) is -0.323. The first-order valence-electron chi connectivity index (χ1n) is 5.24. The van der Waals surface area contributed by atoms with Gasteiger partial charge in [0.05, 0.1) is 12.1 Å². The van der Waals surface area contributed by atoms with Gasteiger partial charge in [0.15, 0.2) is 0 Å². The molecule has 0 radical (unpaired) electrons. The lowest BCUT2D eigenvalue weighted by atomic mass is 9.94. The van der Waals surface area contributed by atoms with Crippen molar-refractivity contribution in [1.82, 2.24) is 4.90 Å². The monoisotopic (exact) mass is 213 g/mol. The second kappa shape index (κ2) is 3.90. The molecule has 1 N–H and O–H groups in total. The molecule has 2 amide bonds. The zero-order chi connectivity index (χ0) is 10.9. The fraction of sp³-hybridized carbons (Fsp3) is 0.800. The Balaban J connectivity index is 2.00. The molecule has 0 aliphatic carbocycles. The van der Waals surface area contributed by atoms with Crippen LogP contribution < -0.4 is 0 Å². The van der Waals surface area contributed by atoms with Gasteiger partial charge in [-0.05, 0) is 0 Å². The van der Waals surface area contributed by atoms with Crippen LogP contribution >= 0.6 is 0 Å². The lowest BCUT2D eigenvalue weighted by molar-refractivity contribution is -0.146. The molecule has 15 heavy (non-hydrogen) atoms. The summed E-state index contributed by atoms with van der Waals surface area (Å²) >= 11 is 0. The number of aliphatic hydroxyl groups is 1. The molecular weight excluding hydrogens is 198 g/mol. The fourth-order valence-electron chi connectivity index (χ4n) is 2.00. The fourth-order valence-corrected chi connectivity index (χ4v) is 2.00. The zero-order valence-corrected chi connectivity index (χ0v) is 8.57. The van der Waals surface area contributed by atoms with E-state index >= 15 is 0 Å². The van der Waals surface area contributed by atoms with E-state index in [-0.39, 0.29) is 31.2 Å². The Morgan fingerprint density at radius 2 is 1.73 bits per heavy atom. The first-order chi connectivity index (χ1) is 7.11. The summed E-state index contributed by atoms with van der Waals surface area (Å²) in [4.78, 5) is 23.9. The highest BCUT2D eigenvalue weighted by Gasteiger charge is 2.38. The van der Waals surface area contributed by atoms with E-state index in [0.717, 1.165) is 0 Å². The van der Waals surface area contributed by atoms with Gasteiger partial charge in [-0.15, -0.1) is 0 Å². The van der Waals surface area contributed by atoms with Crippen molar-refractivity contribution >= 4 is 11.8 Å². The van der Waals surface area contributed by atoms with E-state index in [4.69, 9.17) is 4.74 Å². The van der Waals surface area contributed by atoms with Crippen LogP contribution in [0.3, 0.4) is 0 Å². The predicted molar refractivity (Wildman–Crippen MR) is 51.0 cm³/mol. The van der Waals surface area contributed by atoms with Crippen molar-refractivity contribution in [2.24, 2.45) is 0 Å². The summed E-state index contributed by atoms with van der Waals surface area (Å²) in [5.41, 5.74) is -0.937. The van der Waals surface area contributed by atoms with E-state index in [1.54, 1.807) is 0 Å². The third-order valence-corrected chi connectivity index (χ3v) is 3.03. The number of amides is 2. The van der Waals surface area contributed by atoms with Crippen molar-refractivity contribution in [3.05, 3.63) is 0 Å². The van der Waals surface area contributed by atoms with Crippen LogP contribution in [-0.2, 0) is 14.3 Å². The number of carbonyl (C=O) groups is 2. The van der Waals surface area contributed by atoms with Gasteiger partial charge in [-0.1, -0.05) is 0 Å². The maximum absolute atomic E-state index is 11.4. The van der Waals surface area contributed by atoms with Crippen molar-refractivity contribution < 1.29 is 19.4 Å². The van der Waals surface area contributed by atoms with Crippen LogP contribution in [0, 0.1) is 0 Å². The van der Waals surface area contributed by atoms with Crippen molar-refractivity contribution in [2.75, 3.05) is 19.8 Å². The van der Waals surface area contributed by atoms with Gasteiger partial charge in [0.1, 0.15) is 0 Å². The quantitative estimate of drug-likeness (QED) is 0.638. The molecule has 2 fully saturated rings. The highest BCUT2D eigenvalue weighted by molar-refractivity contribution is 6.01. The molecule has 0 bridgehead atoms. The summed E-state index contributed by atoms with van der Waals surface area (Å²) in [6.45, 7) is 1.12. The standard InChI is InChI=1S/C10H15NO4/c12-8-1-2-9(13)11(8)7-10(14)3-5-15-6-4-10/h14H,1-7H2. The van der Waals surface area contributed by atoms with Gasteiger partial charge < -0.3 is 9.84 Å². The molecule has 0 aromatic carbocycles. The number of nitrogens with zero attached hydrogens (tertiary/aromatic N) is 1. The Morgan fingerprint density at radius 1 is 1.20 bits per heavy atom. The summed E-state index contributed by atoms with van der Waals surface area (Å²) in [5.74, 6) is -0.333. The molecule has 2 saturated heterocycles. The van der Waals surface area contributed by atoms with E-state index in [9.17, 15) is 14.7 Å². The van der Waals surface area contributed by atoms with E-state index in [2.05, 4.69) is 0 Å². The van der Waals surface area contributed by atoms with Crippen LogP contribution in [-0.4, -0.2) is 47.2 Å².